The van der Waals surface area contributed by atoms with E-state index < -0.39 is 18.2 Å². The Balaban J connectivity index is 1.78. The zero-order valence-electron chi connectivity index (χ0n) is 17.0. The van der Waals surface area contributed by atoms with E-state index in [0.717, 1.165) is 11.3 Å². The Kier molecular flexibility index (Phi) is 5.60. The van der Waals surface area contributed by atoms with Crippen molar-refractivity contribution in [2.75, 3.05) is 5.32 Å². The number of nitrogens with one attached hydrogen (secondary N) is 1. The lowest BCUT2D eigenvalue weighted by atomic mass is 9.83. The predicted molar refractivity (Wildman–Crippen MR) is 110 cm³/mol. The molecule has 1 aromatic heterocycles. The second kappa shape index (κ2) is 8.20. The minimum Gasteiger partial charge on any atom is -0.358 e. The van der Waals surface area contributed by atoms with Gasteiger partial charge in [0, 0.05) is 35.6 Å². The largest absolute Gasteiger partial charge is 0.358 e. The molecule has 3 aromatic rings. The summed E-state index contributed by atoms with van der Waals surface area (Å²) in [4.78, 5) is 0. The highest BCUT2D eigenvalue weighted by Crippen LogP contribution is 2.46. The van der Waals surface area contributed by atoms with E-state index >= 15 is 0 Å². The monoisotopic (exact) mass is 429 g/mol. The molecule has 1 aliphatic heterocycles. The molecule has 1 atom stereocenters. The summed E-state index contributed by atoms with van der Waals surface area (Å²) in [7, 11) is 0. The number of benzene rings is 2. The van der Waals surface area contributed by atoms with Gasteiger partial charge in [-0.2, -0.15) is 13.9 Å². The quantitative estimate of drug-likeness (QED) is 0.543. The lowest BCUT2D eigenvalue weighted by Crippen LogP contribution is -2.41. The summed E-state index contributed by atoms with van der Waals surface area (Å²) in [5, 5.41) is 18.6. The van der Waals surface area contributed by atoms with E-state index in [0.29, 0.717) is 5.70 Å². The summed E-state index contributed by atoms with van der Waals surface area (Å²) in [6, 6.07) is 13.1. The molecular formula is C23H22F3N3O2. The average Bonchev–Trinajstić information content (AvgIpc) is 3.25. The van der Waals surface area contributed by atoms with E-state index in [9.17, 15) is 18.3 Å². The number of aromatic nitrogens is 2. The van der Waals surface area contributed by atoms with Gasteiger partial charge in [0.15, 0.2) is 0 Å². The first-order valence-corrected chi connectivity index (χ1v) is 9.86. The van der Waals surface area contributed by atoms with Gasteiger partial charge in [0.2, 0.25) is 5.79 Å². The molecule has 0 saturated heterocycles. The van der Waals surface area contributed by atoms with Crippen LogP contribution in [0.15, 0.2) is 72.2 Å². The Morgan fingerprint density at radius 2 is 1.87 bits per heavy atom. The predicted octanol–water partition coefficient (Wildman–Crippen LogP) is 4.97. The number of halogens is 3. The van der Waals surface area contributed by atoms with E-state index in [4.69, 9.17) is 4.74 Å². The molecule has 0 spiro atoms. The highest BCUT2D eigenvalue weighted by Gasteiger charge is 2.45. The summed E-state index contributed by atoms with van der Waals surface area (Å²) < 4.78 is 47.7. The van der Waals surface area contributed by atoms with Gasteiger partial charge in [0.05, 0.1) is 11.4 Å². The van der Waals surface area contributed by atoms with Gasteiger partial charge in [-0.15, -0.1) is 0 Å². The Hall–Kier alpha value is -3.10. The summed E-state index contributed by atoms with van der Waals surface area (Å²) >= 11 is 0. The van der Waals surface area contributed by atoms with Crippen molar-refractivity contribution in [2.24, 2.45) is 5.92 Å². The molecule has 0 fully saturated rings. The molecule has 2 N–H and O–H groups in total. The van der Waals surface area contributed by atoms with Crippen LogP contribution in [-0.4, -0.2) is 21.5 Å². The van der Waals surface area contributed by atoms with Crippen molar-refractivity contribution >= 4 is 5.69 Å². The standard InChI is InChI=1S/C23H22F3N3O2/c1-14(2)20-18(13-15-7-9-16(10-8-15)29-12-4-11-27-29)23(30,31-22(25)26)17-5-3-6-19(24)21(17)28-20/h3-12,14,22,28,30H,13H2,1-2H3. The van der Waals surface area contributed by atoms with E-state index in [1.807, 2.05) is 38.1 Å². The van der Waals surface area contributed by atoms with Crippen LogP contribution in [0.4, 0.5) is 18.9 Å². The van der Waals surface area contributed by atoms with Gasteiger partial charge in [-0.1, -0.05) is 38.1 Å². The second-order valence-electron chi connectivity index (χ2n) is 7.65. The topological polar surface area (TPSA) is 59.3 Å². The van der Waals surface area contributed by atoms with Crippen LogP contribution in [0, 0.1) is 11.7 Å². The van der Waals surface area contributed by atoms with E-state index in [-0.39, 0.29) is 29.2 Å². The molecule has 1 unspecified atom stereocenters. The van der Waals surface area contributed by atoms with Crippen LogP contribution in [0.25, 0.3) is 5.69 Å². The molecule has 162 valence electrons. The number of hydrogen-bond donors (Lipinski definition) is 2. The van der Waals surface area contributed by atoms with Gasteiger partial charge in [0.1, 0.15) is 5.82 Å². The third kappa shape index (κ3) is 3.96. The molecule has 31 heavy (non-hydrogen) atoms. The van der Waals surface area contributed by atoms with Crippen molar-refractivity contribution in [1.82, 2.24) is 9.78 Å². The van der Waals surface area contributed by atoms with Crippen molar-refractivity contribution < 1.29 is 23.0 Å². The number of ether oxygens (including phenoxy) is 1. The molecule has 0 aliphatic carbocycles. The molecule has 0 amide bonds. The number of allylic oxidation sites excluding steroid dienone is 1. The fourth-order valence-electron chi connectivity index (χ4n) is 3.85. The average molecular weight is 429 g/mol. The fraction of sp³-hybridized carbons (Fsp3) is 0.261. The Morgan fingerprint density at radius 3 is 2.48 bits per heavy atom. The molecule has 2 heterocycles. The molecule has 1 aliphatic rings. The summed E-state index contributed by atoms with van der Waals surface area (Å²) in [5.41, 5.74) is 2.11. The van der Waals surface area contributed by atoms with Crippen LogP contribution < -0.4 is 5.32 Å². The smallest absolute Gasteiger partial charge is 0.348 e. The Labute approximate surface area is 177 Å². The van der Waals surface area contributed by atoms with Crippen LogP contribution >= 0.6 is 0 Å². The maximum atomic E-state index is 14.5. The van der Waals surface area contributed by atoms with Crippen molar-refractivity contribution in [3.05, 3.63) is 89.1 Å². The van der Waals surface area contributed by atoms with Crippen LogP contribution in [-0.2, 0) is 16.9 Å². The van der Waals surface area contributed by atoms with Gasteiger partial charge in [-0.05, 0) is 35.7 Å². The van der Waals surface area contributed by atoms with E-state index in [2.05, 4.69) is 10.4 Å². The zero-order chi connectivity index (χ0) is 22.2. The van der Waals surface area contributed by atoms with Crippen molar-refractivity contribution in [3.8, 4) is 5.69 Å². The number of para-hydroxylation sites is 1. The maximum absolute atomic E-state index is 14.5. The lowest BCUT2D eigenvalue weighted by Gasteiger charge is -2.39. The second-order valence-corrected chi connectivity index (χ2v) is 7.65. The van der Waals surface area contributed by atoms with Gasteiger partial charge in [-0.25, -0.2) is 9.07 Å². The van der Waals surface area contributed by atoms with Gasteiger partial charge in [0.25, 0.3) is 0 Å². The maximum Gasteiger partial charge on any atom is 0.348 e. The van der Waals surface area contributed by atoms with Crippen molar-refractivity contribution in [3.63, 3.8) is 0 Å². The Morgan fingerprint density at radius 1 is 1.13 bits per heavy atom. The van der Waals surface area contributed by atoms with Gasteiger partial charge < -0.3 is 10.4 Å². The summed E-state index contributed by atoms with van der Waals surface area (Å²) in [5.74, 6) is -3.34. The van der Waals surface area contributed by atoms with E-state index in [1.165, 1.54) is 18.2 Å². The molecule has 2 aromatic carbocycles. The molecule has 0 radical (unpaired) electrons. The number of hydrogen-bond acceptors (Lipinski definition) is 4. The van der Waals surface area contributed by atoms with Crippen LogP contribution in [0.5, 0.6) is 0 Å². The molecule has 5 nitrogen and oxygen atoms in total. The molecule has 0 saturated carbocycles. The SMILES string of the molecule is CC(C)C1=C(Cc2ccc(-n3cccn3)cc2)C(O)(OC(F)F)c2cccc(F)c2N1. The number of rotatable bonds is 6. The van der Waals surface area contributed by atoms with Crippen molar-refractivity contribution in [1.29, 1.82) is 0 Å². The number of fused-ring (bicyclic) bond motifs is 1. The third-order valence-electron chi connectivity index (χ3n) is 5.30. The van der Waals surface area contributed by atoms with Crippen LogP contribution in [0.2, 0.25) is 0 Å². The molecular weight excluding hydrogens is 407 g/mol. The first kappa shape index (κ1) is 21.1. The number of anilines is 1. The number of alkyl halides is 2. The number of nitrogens with zero attached hydrogens (tertiary/aromatic N) is 2. The highest BCUT2D eigenvalue weighted by atomic mass is 19.3. The third-order valence-corrected chi connectivity index (χ3v) is 5.30. The Bertz CT molecular complexity index is 1100. The normalized spacial score (nSPS) is 18.5. The van der Waals surface area contributed by atoms with Crippen molar-refractivity contribution in [2.45, 2.75) is 32.7 Å². The fourth-order valence-corrected chi connectivity index (χ4v) is 3.85. The molecule has 4 rings (SSSR count). The first-order chi connectivity index (χ1) is 14.8. The summed E-state index contributed by atoms with van der Waals surface area (Å²) in [6.45, 7) is 0.403. The minimum atomic E-state index is -3.26. The zero-order valence-corrected chi connectivity index (χ0v) is 17.0. The molecule has 0 bridgehead atoms. The van der Waals surface area contributed by atoms with Crippen LogP contribution in [0.3, 0.4) is 0 Å². The van der Waals surface area contributed by atoms with E-state index in [1.54, 1.807) is 23.1 Å². The number of aliphatic hydroxyl groups is 1. The first-order valence-electron chi connectivity index (χ1n) is 9.86. The molecule has 8 heteroatoms. The lowest BCUT2D eigenvalue weighted by molar-refractivity contribution is -0.284. The van der Waals surface area contributed by atoms with Gasteiger partial charge >= 0.3 is 6.61 Å². The minimum absolute atomic E-state index is 0.0628. The van der Waals surface area contributed by atoms with Gasteiger partial charge in [-0.3, -0.25) is 4.74 Å². The summed E-state index contributed by atoms with van der Waals surface area (Å²) in [6.07, 6.45) is 3.60. The highest BCUT2D eigenvalue weighted by molar-refractivity contribution is 5.65. The van der Waals surface area contributed by atoms with Crippen LogP contribution in [0.1, 0.15) is 25.0 Å².